The van der Waals surface area contributed by atoms with Crippen LogP contribution in [0.25, 0.3) is 0 Å². The van der Waals surface area contributed by atoms with E-state index in [-0.39, 0.29) is 29.2 Å². The third kappa shape index (κ3) is 3.14. The number of benzene rings is 2. The molecule has 0 aliphatic carbocycles. The molecule has 2 aromatic rings. The van der Waals surface area contributed by atoms with E-state index in [9.17, 15) is 14.7 Å². The number of hydrogen-bond acceptors (Lipinski definition) is 4. The molecule has 0 aromatic heterocycles. The van der Waals surface area contributed by atoms with E-state index in [1.54, 1.807) is 0 Å². The first-order valence-corrected chi connectivity index (χ1v) is 5.96. The molecule has 0 bridgehead atoms. The first-order valence-electron chi connectivity index (χ1n) is 5.96. The van der Waals surface area contributed by atoms with Crippen LogP contribution in [0, 0.1) is 0 Å². The van der Waals surface area contributed by atoms with Crippen molar-refractivity contribution in [3.05, 3.63) is 59.7 Å². The number of ketones is 1. The van der Waals surface area contributed by atoms with E-state index >= 15 is 0 Å². The average molecular weight is 271 g/mol. The van der Waals surface area contributed by atoms with Gasteiger partial charge >= 0.3 is 5.97 Å². The Morgan fingerprint density at radius 1 is 1.05 bits per heavy atom. The van der Waals surface area contributed by atoms with Gasteiger partial charge in [-0.25, -0.2) is 4.79 Å². The van der Waals surface area contributed by atoms with E-state index in [2.05, 4.69) is 5.32 Å². The Kier molecular flexibility index (Phi) is 4.00. The topological polar surface area (TPSA) is 86.6 Å². The zero-order valence-electron chi connectivity index (χ0n) is 10.5. The molecule has 5 nitrogen and oxygen atoms in total. The Morgan fingerprint density at radius 3 is 2.40 bits per heavy atom. The average Bonchev–Trinajstić information content (AvgIpc) is 2.46. The molecule has 2 rings (SSSR count). The van der Waals surface area contributed by atoms with Crippen molar-refractivity contribution in [2.24, 2.45) is 0 Å². The molecular formula is C15H13NO4. The number of carbonyl (C=O) groups is 2. The molecule has 0 atom stereocenters. The molecule has 0 unspecified atom stereocenters. The molecule has 5 heteroatoms. The Labute approximate surface area is 115 Å². The van der Waals surface area contributed by atoms with Gasteiger partial charge in [-0.15, -0.1) is 0 Å². The minimum Gasteiger partial charge on any atom is -0.507 e. The van der Waals surface area contributed by atoms with Crippen LogP contribution in [0.15, 0.2) is 48.5 Å². The Balaban J connectivity index is 2.10. The summed E-state index contributed by atoms with van der Waals surface area (Å²) >= 11 is 0. The summed E-state index contributed by atoms with van der Waals surface area (Å²) in [7, 11) is 0. The van der Waals surface area contributed by atoms with Crippen LogP contribution in [0.5, 0.6) is 5.75 Å². The lowest BCUT2D eigenvalue weighted by molar-refractivity contribution is 0.0693. The van der Waals surface area contributed by atoms with E-state index in [0.29, 0.717) is 0 Å². The van der Waals surface area contributed by atoms with Gasteiger partial charge in [0.1, 0.15) is 11.3 Å². The number of carbonyl (C=O) groups excluding carboxylic acids is 1. The number of Topliss-reactive ketones (excluding diaryl/α,β-unsaturated/α-hetero) is 1. The predicted octanol–water partition coefficient (Wildman–Crippen LogP) is 2.39. The Bertz CT molecular complexity index is 638. The zero-order chi connectivity index (χ0) is 14.5. The van der Waals surface area contributed by atoms with Gasteiger partial charge in [0.25, 0.3) is 0 Å². The highest BCUT2D eigenvalue weighted by Gasteiger charge is 2.13. The van der Waals surface area contributed by atoms with Gasteiger partial charge in [0.15, 0.2) is 5.78 Å². The third-order valence-corrected chi connectivity index (χ3v) is 2.78. The second-order valence-corrected chi connectivity index (χ2v) is 4.18. The highest BCUT2D eigenvalue weighted by atomic mass is 16.4. The van der Waals surface area contributed by atoms with Gasteiger partial charge in [-0.1, -0.05) is 18.2 Å². The fourth-order valence-electron chi connectivity index (χ4n) is 1.72. The highest BCUT2D eigenvalue weighted by Crippen LogP contribution is 2.19. The largest absolute Gasteiger partial charge is 0.507 e. The maximum absolute atomic E-state index is 12.0. The SMILES string of the molecule is O=C(CNc1ccccc1)c1ccc(O)c(C(=O)O)c1. The van der Waals surface area contributed by atoms with Gasteiger partial charge < -0.3 is 15.5 Å². The fourth-order valence-corrected chi connectivity index (χ4v) is 1.72. The van der Waals surface area contributed by atoms with Crippen LogP contribution >= 0.6 is 0 Å². The summed E-state index contributed by atoms with van der Waals surface area (Å²) in [6.45, 7) is 0.0495. The number of rotatable bonds is 5. The molecule has 0 radical (unpaired) electrons. The monoisotopic (exact) mass is 271 g/mol. The molecule has 0 amide bonds. The van der Waals surface area contributed by atoms with Gasteiger partial charge in [-0.2, -0.15) is 0 Å². The molecule has 102 valence electrons. The van der Waals surface area contributed by atoms with Gasteiger partial charge in [0.2, 0.25) is 0 Å². The molecule has 2 aromatic carbocycles. The van der Waals surface area contributed by atoms with Crippen molar-refractivity contribution in [3.8, 4) is 5.75 Å². The standard InChI is InChI=1S/C15H13NO4/c17-13-7-6-10(8-12(13)15(19)20)14(18)9-16-11-4-2-1-3-5-11/h1-8,16-17H,9H2,(H,19,20). The minimum absolute atomic E-state index is 0.0495. The molecule has 20 heavy (non-hydrogen) atoms. The second kappa shape index (κ2) is 5.88. The van der Waals surface area contributed by atoms with Crippen molar-refractivity contribution in [3.63, 3.8) is 0 Å². The number of carboxylic acid groups (broad SMARTS) is 1. The molecule has 0 aliphatic heterocycles. The maximum Gasteiger partial charge on any atom is 0.339 e. The number of aromatic carboxylic acids is 1. The van der Waals surface area contributed by atoms with Gasteiger partial charge in [0.05, 0.1) is 6.54 Å². The molecular weight excluding hydrogens is 258 g/mol. The van der Waals surface area contributed by atoms with Gasteiger partial charge in [-0.3, -0.25) is 4.79 Å². The summed E-state index contributed by atoms with van der Waals surface area (Å²) in [5.41, 5.74) is 0.761. The van der Waals surface area contributed by atoms with Crippen molar-refractivity contribution < 1.29 is 19.8 Å². The molecule has 0 saturated carbocycles. The third-order valence-electron chi connectivity index (χ3n) is 2.78. The number of nitrogens with one attached hydrogen (secondary N) is 1. The van der Waals surface area contributed by atoms with Crippen LogP contribution in [-0.2, 0) is 0 Å². The van der Waals surface area contributed by atoms with Crippen LogP contribution in [0.1, 0.15) is 20.7 Å². The Hall–Kier alpha value is -2.82. The van der Waals surface area contributed by atoms with Crippen molar-refractivity contribution in [1.82, 2.24) is 0 Å². The Morgan fingerprint density at radius 2 is 1.75 bits per heavy atom. The van der Waals surface area contributed by atoms with Gasteiger partial charge in [-0.05, 0) is 30.3 Å². The molecule has 0 spiro atoms. The number of para-hydroxylation sites is 1. The van der Waals surface area contributed by atoms with Crippen molar-refractivity contribution in [2.75, 3.05) is 11.9 Å². The highest BCUT2D eigenvalue weighted by molar-refractivity contribution is 6.01. The van der Waals surface area contributed by atoms with E-state index in [4.69, 9.17) is 5.11 Å². The van der Waals surface area contributed by atoms with E-state index in [1.165, 1.54) is 18.2 Å². The van der Waals surface area contributed by atoms with Gasteiger partial charge in [0, 0.05) is 11.3 Å². The smallest absolute Gasteiger partial charge is 0.339 e. The number of anilines is 1. The number of aromatic hydroxyl groups is 1. The van der Waals surface area contributed by atoms with Crippen molar-refractivity contribution in [1.29, 1.82) is 0 Å². The lowest BCUT2D eigenvalue weighted by atomic mass is 10.1. The molecule has 0 fully saturated rings. The lowest BCUT2D eigenvalue weighted by Crippen LogP contribution is -2.14. The summed E-state index contributed by atoms with van der Waals surface area (Å²) in [6, 6.07) is 13.0. The van der Waals surface area contributed by atoms with E-state index < -0.39 is 5.97 Å². The summed E-state index contributed by atoms with van der Waals surface area (Å²) in [4.78, 5) is 22.9. The summed E-state index contributed by atoms with van der Waals surface area (Å²) in [5.74, 6) is -1.88. The predicted molar refractivity (Wildman–Crippen MR) is 74.3 cm³/mol. The van der Waals surface area contributed by atoms with Crippen LogP contribution in [-0.4, -0.2) is 28.5 Å². The summed E-state index contributed by atoms with van der Waals surface area (Å²) in [5, 5.41) is 21.2. The molecule has 0 saturated heterocycles. The van der Waals surface area contributed by atoms with Crippen molar-refractivity contribution in [2.45, 2.75) is 0 Å². The number of carboxylic acids is 1. The van der Waals surface area contributed by atoms with Crippen LogP contribution in [0.2, 0.25) is 0 Å². The maximum atomic E-state index is 12.0. The fraction of sp³-hybridized carbons (Fsp3) is 0.0667. The first-order chi connectivity index (χ1) is 9.58. The van der Waals surface area contributed by atoms with E-state index in [0.717, 1.165) is 5.69 Å². The zero-order valence-corrected chi connectivity index (χ0v) is 10.5. The van der Waals surface area contributed by atoms with Crippen LogP contribution < -0.4 is 5.32 Å². The summed E-state index contributed by atoms with van der Waals surface area (Å²) < 4.78 is 0. The summed E-state index contributed by atoms with van der Waals surface area (Å²) in [6.07, 6.45) is 0. The molecule has 3 N–H and O–H groups in total. The van der Waals surface area contributed by atoms with E-state index in [1.807, 2.05) is 30.3 Å². The molecule has 0 heterocycles. The lowest BCUT2D eigenvalue weighted by Gasteiger charge is -2.07. The minimum atomic E-state index is -1.27. The molecule has 0 aliphatic rings. The van der Waals surface area contributed by atoms with Crippen LogP contribution in [0.4, 0.5) is 5.69 Å². The van der Waals surface area contributed by atoms with Crippen LogP contribution in [0.3, 0.4) is 0 Å². The quantitative estimate of drug-likeness (QED) is 0.727. The van der Waals surface area contributed by atoms with Crippen molar-refractivity contribution >= 4 is 17.4 Å². The number of hydrogen-bond donors (Lipinski definition) is 3. The normalized spacial score (nSPS) is 10.0. The first kappa shape index (κ1) is 13.6. The number of phenols is 1. The second-order valence-electron chi connectivity index (χ2n) is 4.18.